The number of thiophene rings is 1. The van der Waals surface area contributed by atoms with Crippen LogP contribution in [0.5, 0.6) is 0 Å². The summed E-state index contributed by atoms with van der Waals surface area (Å²) in [6.45, 7) is 6.63. The lowest BCUT2D eigenvalue weighted by Gasteiger charge is -2.15. The average molecular weight is 291 g/mol. The molecule has 2 heterocycles. The zero-order chi connectivity index (χ0) is 14.5. The molecule has 1 unspecified atom stereocenters. The SMILES string of the molecule is CCC(CC)n1ccc(CC(NC)c2sccc2C)n1. The Balaban J connectivity index is 2.11. The maximum Gasteiger partial charge on any atom is 0.0644 e. The number of nitrogens with zero attached hydrogens (tertiary/aromatic N) is 2. The monoisotopic (exact) mass is 291 g/mol. The maximum absolute atomic E-state index is 4.76. The third-order valence-corrected chi connectivity index (χ3v) is 5.09. The van der Waals surface area contributed by atoms with Crippen LogP contribution in [0.4, 0.5) is 0 Å². The Morgan fingerprint density at radius 2 is 2.05 bits per heavy atom. The molecule has 0 saturated carbocycles. The molecule has 0 aliphatic heterocycles. The van der Waals surface area contributed by atoms with Gasteiger partial charge in [-0.3, -0.25) is 4.68 Å². The molecular formula is C16H25N3S. The van der Waals surface area contributed by atoms with E-state index < -0.39 is 0 Å². The number of aromatic nitrogens is 2. The largest absolute Gasteiger partial charge is 0.312 e. The summed E-state index contributed by atoms with van der Waals surface area (Å²) in [4.78, 5) is 1.42. The molecule has 4 heteroatoms. The van der Waals surface area contributed by atoms with Crippen LogP contribution in [0, 0.1) is 6.92 Å². The van der Waals surface area contributed by atoms with Gasteiger partial charge in [-0.05, 0) is 49.9 Å². The van der Waals surface area contributed by atoms with E-state index in [1.165, 1.54) is 16.1 Å². The maximum atomic E-state index is 4.76. The summed E-state index contributed by atoms with van der Waals surface area (Å²) >= 11 is 1.83. The normalized spacial score (nSPS) is 13.1. The Hall–Kier alpha value is -1.13. The predicted octanol–water partition coefficient (Wildman–Crippen LogP) is 4.12. The molecule has 20 heavy (non-hydrogen) atoms. The smallest absolute Gasteiger partial charge is 0.0644 e. The summed E-state index contributed by atoms with van der Waals surface area (Å²) in [5.74, 6) is 0. The summed E-state index contributed by atoms with van der Waals surface area (Å²) in [5, 5.41) is 10.3. The highest BCUT2D eigenvalue weighted by Gasteiger charge is 2.16. The van der Waals surface area contributed by atoms with Gasteiger partial charge in [0.2, 0.25) is 0 Å². The average Bonchev–Trinajstić information content (AvgIpc) is 3.07. The quantitative estimate of drug-likeness (QED) is 0.831. The van der Waals surface area contributed by atoms with Crippen LogP contribution in [0.1, 0.15) is 54.9 Å². The predicted molar refractivity (Wildman–Crippen MR) is 86.4 cm³/mol. The van der Waals surface area contributed by atoms with Crippen LogP contribution in [0.25, 0.3) is 0 Å². The van der Waals surface area contributed by atoms with Crippen LogP contribution in [-0.4, -0.2) is 16.8 Å². The first-order valence-electron chi connectivity index (χ1n) is 7.44. The van der Waals surface area contributed by atoms with Gasteiger partial charge in [-0.2, -0.15) is 5.10 Å². The molecule has 2 aromatic rings. The molecule has 0 radical (unpaired) electrons. The minimum atomic E-state index is 0.361. The van der Waals surface area contributed by atoms with E-state index in [-0.39, 0.29) is 0 Å². The van der Waals surface area contributed by atoms with E-state index in [1.54, 1.807) is 0 Å². The van der Waals surface area contributed by atoms with Crippen molar-refractivity contribution in [3.05, 3.63) is 39.8 Å². The lowest BCUT2D eigenvalue weighted by atomic mass is 10.1. The van der Waals surface area contributed by atoms with Crippen molar-refractivity contribution in [2.75, 3.05) is 7.05 Å². The fraction of sp³-hybridized carbons (Fsp3) is 0.562. The topological polar surface area (TPSA) is 29.9 Å². The second kappa shape index (κ2) is 7.04. The second-order valence-electron chi connectivity index (χ2n) is 5.27. The first-order valence-corrected chi connectivity index (χ1v) is 8.32. The third kappa shape index (κ3) is 3.30. The summed E-state index contributed by atoms with van der Waals surface area (Å²) in [6, 6.07) is 5.24. The van der Waals surface area contributed by atoms with Crippen LogP contribution in [0.15, 0.2) is 23.7 Å². The standard InChI is InChI=1S/C16H25N3S/c1-5-14(6-2)19-9-7-13(18-19)11-15(17-4)16-12(3)8-10-20-16/h7-10,14-15,17H,5-6,11H2,1-4H3. The van der Waals surface area contributed by atoms with E-state index >= 15 is 0 Å². The van der Waals surface area contributed by atoms with E-state index in [4.69, 9.17) is 5.10 Å². The molecule has 0 aliphatic rings. The molecule has 0 bridgehead atoms. The van der Waals surface area contributed by atoms with E-state index in [0.29, 0.717) is 12.1 Å². The first-order chi connectivity index (χ1) is 9.69. The van der Waals surface area contributed by atoms with Gasteiger partial charge in [0, 0.05) is 23.5 Å². The van der Waals surface area contributed by atoms with Crippen molar-refractivity contribution < 1.29 is 0 Å². The highest BCUT2D eigenvalue weighted by Crippen LogP contribution is 2.26. The Bertz CT molecular complexity index is 525. The van der Waals surface area contributed by atoms with Gasteiger partial charge in [-0.1, -0.05) is 13.8 Å². The molecule has 2 rings (SSSR count). The molecule has 0 fully saturated rings. The van der Waals surface area contributed by atoms with Crippen molar-refractivity contribution in [1.29, 1.82) is 0 Å². The Kier molecular flexibility index (Phi) is 5.38. The highest BCUT2D eigenvalue weighted by molar-refractivity contribution is 7.10. The summed E-state index contributed by atoms with van der Waals surface area (Å²) in [5.41, 5.74) is 2.54. The van der Waals surface area contributed by atoms with Gasteiger partial charge in [0.25, 0.3) is 0 Å². The zero-order valence-electron chi connectivity index (χ0n) is 12.9. The Morgan fingerprint density at radius 3 is 2.60 bits per heavy atom. The van der Waals surface area contributed by atoms with Crippen molar-refractivity contribution in [1.82, 2.24) is 15.1 Å². The molecule has 2 aromatic heterocycles. The number of hydrogen-bond donors (Lipinski definition) is 1. The summed E-state index contributed by atoms with van der Waals surface area (Å²) in [7, 11) is 2.03. The molecule has 0 spiro atoms. The van der Waals surface area contributed by atoms with Gasteiger partial charge < -0.3 is 5.32 Å². The Morgan fingerprint density at radius 1 is 1.30 bits per heavy atom. The van der Waals surface area contributed by atoms with Crippen LogP contribution in [-0.2, 0) is 6.42 Å². The van der Waals surface area contributed by atoms with Crippen LogP contribution in [0.3, 0.4) is 0 Å². The minimum Gasteiger partial charge on any atom is -0.312 e. The molecule has 3 nitrogen and oxygen atoms in total. The highest BCUT2D eigenvalue weighted by atomic mass is 32.1. The molecule has 110 valence electrons. The van der Waals surface area contributed by atoms with E-state index in [0.717, 1.165) is 19.3 Å². The number of likely N-dealkylation sites (N-methyl/N-ethyl adjacent to an activating group) is 1. The van der Waals surface area contributed by atoms with Gasteiger partial charge in [0.05, 0.1) is 11.7 Å². The third-order valence-electron chi connectivity index (χ3n) is 3.96. The molecule has 1 N–H and O–H groups in total. The van der Waals surface area contributed by atoms with E-state index in [9.17, 15) is 0 Å². The summed E-state index contributed by atoms with van der Waals surface area (Å²) in [6.07, 6.45) is 5.35. The van der Waals surface area contributed by atoms with Crippen molar-refractivity contribution in [3.8, 4) is 0 Å². The van der Waals surface area contributed by atoms with Crippen LogP contribution >= 0.6 is 11.3 Å². The molecule has 0 amide bonds. The number of nitrogens with one attached hydrogen (secondary N) is 1. The van der Waals surface area contributed by atoms with Crippen LogP contribution in [0.2, 0.25) is 0 Å². The van der Waals surface area contributed by atoms with Crippen molar-refractivity contribution in [3.63, 3.8) is 0 Å². The van der Waals surface area contributed by atoms with Crippen molar-refractivity contribution in [2.24, 2.45) is 0 Å². The van der Waals surface area contributed by atoms with E-state index in [2.05, 4.69) is 54.5 Å². The zero-order valence-corrected chi connectivity index (χ0v) is 13.7. The summed E-state index contributed by atoms with van der Waals surface area (Å²) < 4.78 is 2.13. The fourth-order valence-electron chi connectivity index (χ4n) is 2.63. The fourth-order valence-corrected chi connectivity index (χ4v) is 3.67. The number of aryl methyl sites for hydroxylation is 1. The lowest BCUT2D eigenvalue weighted by Crippen LogP contribution is -2.19. The van der Waals surface area contributed by atoms with Crippen molar-refractivity contribution in [2.45, 2.75) is 52.1 Å². The molecule has 0 saturated heterocycles. The van der Waals surface area contributed by atoms with Gasteiger partial charge in [-0.15, -0.1) is 11.3 Å². The van der Waals surface area contributed by atoms with Crippen LogP contribution < -0.4 is 5.32 Å². The molecule has 1 atom stereocenters. The first kappa shape index (κ1) is 15.3. The molecule has 0 aromatic carbocycles. The molecule has 0 aliphatic carbocycles. The van der Waals surface area contributed by atoms with Gasteiger partial charge in [0.1, 0.15) is 0 Å². The van der Waals surface area contributed by atoms with Gasteiger partial charge in [-0.25, -0.2) is 0 Å². The second-order valence-corrected chi connectivity index (χ2v) is 6.22. The minimum absolute atomic E-state index is 0.361. The van der Waals surface area contributed by atoms with E-state index in [1.807, 2.05) is 18.4 Å². The van der Waals surface area contributed by atoms with Gasteiger partial charge >= 0.3 is 0 Å². The number of hydrogen-bond acceptors (Lipinski definition) is 3. The lowest BCUT2D eigenvalue weighted by molar-refractivity contribution is 0.423. The van der Waals surface area contributed by atoms with Crippen molar-refractivity contribution >= 4 is 11.3 Å². The van der Waals surface area contributed by atoms with Gasteiger partial charge in [0.15, 0.2) is 0 Å². The Labute approximate surface area is 126 Å². The molecular weight excluding hydrogens is 266 g/mol. The number of rotatable bonds is 7.